The minimum Gasteiger partial charge on any atom is -0.442 e. The number of halogens is 1. The van der Waals surface area contributed by atoms with E-state index in [4.69, 9.17) is 19.2 Å². The molecule has 1 aromatic carbocycles. The van der Waals surface area contributed by atoms with Crippen LogP contribution in [0.25, 0.3) is 22.3 Å². The highest BCUT2D eigenvalue weighted by molar-refractivity contribution is 5.98. The Morgan fingerprint density at radius 2 is 1.87 bits per heavy atom. The Hall–Kier alpha value is -4.09. The molecule has 3 aromatic heterocycles. The van der Waals surface area contributed by atoms with Crippen LogP contribution in [0.3, 0.4) is 0 Å². The zero-order valence-electron chi connectivity index (χ0n) is 21.5. The average molecular weight is 524 g/mol. The lowest BCUT2D eigenvalue weighted by atomic mass is 10.2. The molecule has 1 amide bonds. The van der Waals surface area contributed by atoms with E-state index in [2.05, 4.69) is 10.4 Å². The van der Waals surface area contributed by atoms with Gasteiger partial charge in [0.25, 0.3) is 5.91 Å². The number of benzene rings is 1. The molecule has 0 aliphatic rings. The molecule has 0 radical (unpaired) electrons. The number of esters is 1. The van der Waals surface area contributed by atoms with Crippen molar-refractivity contribution in [3.63, 3.8) is 0 Å². The second-order valence-electron chi connectivity index (χ2n) is 8.43. The van der Waals surface area contributed by atoms with Gasteiger partial charge in [-0.3, -0.25) is 9.59 Å². The number of carbonyl (C=O) groups excluding carboxylic acids is 2. The van der Waals surface area contributed by atoms with Crippen LogP contribution in [-0.4, -0.2) is 50.7 Å². The van der Waals surface area contributed by atoms with Crippen LogP contribution >= 0.6 is 0 Å². The van der Waals surface area contributed by atoms with Gasteiger partial charge in [0.05, 0.1) is 18.3 Å². The van der Waals surface area contributed by atoms with E-state index in [0.29, 0.717) is 35.8 Å². The SMILES string of the molecule is CCOC(CC(=O)OCn1cc(-c2ccc3cc(C(=O)NCc4ccccc4F)n(C)c3n2)cn1)OCC. The summed E-state index contributed by atoms with van der Waals surface area (Å²) in [5.74, 6) is -1.16. The summed E-state index contributed by atoms with van der Waals surface area (Å²) in [4.78, 5) is 29.6. The van der Waals surface area contributed by atoms with E-state index in [1.165, 1.54) is 10.7 Å². The van der Waals surface area contributed by atoms with Gasteiger partial charge in [0.15, 0.2) is 13.0 Å². The molecule has 0 aliphatic carbocycles. The molecule has 0 atom stereocenters. The van der Waals surface area contributed by atoms with Gasteiger partial charge in [-0.1, -0.05) is 18.2 Å². The van der Waals surface area contributed by atoms with Crippen LogP contribution in [0.1, 0.15) is 36.3 Å². The number of ether oxygens (including phenoxy) is 3. The number of pyridine rings is 1. The molecule has 0 fully saturated rings. The highest BCUT2D eigenvalue weighted by atomic mass is 19.1. The highest BCUT2D eigenvalue weighted by Crippen LogP contribution is 2.23. The van der Waals surface area contributed by atoms with Crippen LogP contribution in [0.5, 0.6) is 0 Å². The molecule has 0 saturated carbocycles. The minimum absolute atomic E-state index is 0.0162. The van der Waals surface area contributed by atoms with Crippen molar-refractivity contribution in [2.45, 2.75) is 39.8 Å². The van der Waals surface area contributed by atoms with E-state index in [-0.39, 0.29) is 31.4 Å². The lowest BCUT2D eigenvalue weighted by Gasteiger charge is -2.15. The molecule has 0 unspecified atom stereocenters. The maximum atomic E-state index is 13.9. The summed E-state index contributed by atoms with van der Waals surface area (Å²) in [6.07, 6.45) is 2.68. The monoisotopic (exact) mass is 523 g/mol. The minimum atomic E-state index is -0.640. The van der Waals surface area contributed by atoms with Gasteiger partial charge in [0, 0.05) is 49.5 Å². The number of fused-ring (bicyclic) bond motifs is 1. The second kappa shape index (κ2) is 12.4. The van der Waals surface area contributed by atoms with Crippen molar-refractivity contribution < 1.29 is 28.2 Å². The third-order valence-corrected chi connectivity index (χ3v) is 5.83. The Labute approximate surface area is 219 Å². The lowest BCUT2D eigenvalue weighted by Crippen LogP contribution is -2.25. The van der Waals surface area contributed by atoms with Gasteiger partial charge < -0.3 is 24.1 Å². The van der Waals surface area contributed by atoms with E-state index in [1.807, 2.05) is 26.0 Å². The molecule has 38 heavy (non-hydrogen) atoms. The predicted octanol–water partition coefficient (Wildman–Crippen LogP) is 3.80. The molecule has 0 saturated heterocycles. The Bertz CT molecular complexity index is 1410. The topological polar surface area (TPSA) is 110 Å². The first-order valence-corrected chi connectivity index (χ1v) is 12.3. The predicted molar refractivity (Wildman–Crippen MR) is 137 cm³/mol. The number of hydrogen-bond acceptors (Lipinski definition) is 7. The Balaban J connectivity index is 1.41. The van der Waals surface area contributed by atoms with Gasteiger partial charge in [0.2, 0.25) is 0 Å². The molecule has 1 N–H and O–H groups in total. The van der Waals surface area contributed by atoms with Gasteiger partial charge in [-0.05, 0) is 38.1 Å². The van der Waals surface area contributed by atoms with Gasteiger partial charge >= 0.3 is 5.97 Å². The third kappa shape index (κ3) is 6.42. The van der Waals surface area contributed by atoms with E-state index in [0.717, 1.165) is 10.9 Å². The Morgan fingerprint density at radius 1 is 1.11 bits per heavy atom. The van der Waals surface area contributed by atoms with Crippen LogP contribution < -0.4 is 5.32 Å². The van der Waals surface area contributed by atoms with E-state index < -0.39 is 12.3 Å². The molecular formula is C27H30FN5O5. The summed E-state index contributed by atoms with van der Waals surface area (Å²) in [6.45, 7) is 4.52. The molecule has 4 rings (SSSR count). The number of carbonyl (C=O) groups is 2. The number of rotatable bonds is 12. The second-order valence-corrected chi connectivity index (χ2v) is 8.43. The van der Waals surface area contributed by atoms with Crippen molar-refractivity contribution >= 4 is 22.9 Å². The van der Waals surface area contributed by atoms with Crippen molar-refractivity contribution in [1.29, 1.82) is 0 Å². The third-order valence-electron chi connectivity index (χ3n) is 5.83. The summed E-state index contributed by atoms with van der Waals surface area (Å²) >= 11 is 0. The summed E-state index contributed by atoms with van der Waals surface area (Å²) in [7, 11) is 1.75. The molecule has 11 heteroatoms. The molecule has 3 heterocycles. The number of amides is 1. The van der Waals surface area contributed by atoms with Gasteiger partial charge in [-0.25, -0.2) is 14.1 Å². The summed E-state index contributed by atoms with van der Waals surface area (Å²) in [5, 5.41) is 7.79. The van der Waals surface area contributed by atoms with Crippen molar-refractivity contribution in [3.05, 3.63) is 71.9 Å². The van der Waals surface area contributed by atoms with Crippen LogP contribution in [-0.2, 0) is 39.3 Å². The molecule has 0 spiro atoms. The first-order valence-electron chi connectivity index (χ1n) is 12.3. The quantitative estimate of drug-likeness (QED) is 0.222. The maximum absolute atomic E-state index is 13.9. The number of nitrogens with zero attached hydrogens (tertiary/aromatic N) is 4. The van der Waals surface area contributed by atoms with Crippen molar-refractivity contribution in [2.24, 2.45) is 7.05 Å². The first kappa shape index (κ1) is 27.0. The zero-order valence-corrected chi connectivity index (χ0v) is 21.5. The molecule has 200 valence electrons. The van der Waals surface area contributed by atoms with Crippen LogP contribution in [0.2, 0.25) is 0 Å². The van der Waals surface area contributed by atoms with Gasteiger partial charge in [-0.2, -0.15) is 5.10 Å². The molecule has 4 aromatic rings. The fourth-order valence-electron chi connectivity index (χ4n) is 3.92. The highest BCUT2D eigenvalue weighted by Gasteiger charge is 2.17. The summed E-state index contributed by atoms with van der Waals surface area (Å²) < 4.78 is 33.1. The average Bonchev–Trinajstić information content (AvgIpc) is 3.51. The lowest BCUT2D eigenvalue weighted by molar-refractivity contribution is -0.171. The van der Waals surface area contributed by atoms with Gasteiger partial charge in [0.1, 0.15) is 17.2 Å². The van der Waals surface area contributed by atoms with Crippen LogP contribution in [0.15, 0.2) is 54.9 Å². The number of hydrogen-bond donors (Lipinski definition) is 1. The summed E-state index contributed by atoms with van der Waals surface area (Å²) in [5.41, 5.74) is 2.78. The number of nitrogens with one attached hydrogen (secondary N) is 1. The zero-order chi connectivity index (χ0) is 27.1. The molecule has 0 bridgehead atoms. The summed E-state index contributed by atoms with van der Waals surface area (Å²) in [6, 6.07) is 11.7. The van der Waals surface area contributed by atoms with Crippen LogP contribution in [0.4, 0.5) is 4.39 Å². The van der Waals surface area contributed by atoms with E-state index in [9.17, 15) is 14.0 Å². The Kier molecular flexibility index (Phi) is 8.82. The van der Waals surface area contributed by atoms with Crippen molar-refractivity contribution in [1.82, 2.24) is 24.6 Å². The first-order chi connectivity index (χ1) is 18.4. The van der Waals surface area contributed by atoms with E-state index in [1.54, 1.807) is 48.3 Å². The fraction of sp³-hybridized carbons (Fsp3) is 0.333. The largest absolute Gasteiger partial charge is 0.442 e. The maximum Gasteiger partial charge on any atom is 0.312 e. The normalized spacial score (nSPS) is 11.3. The number of aromatic nitrogens is 4. The molecular weight excluding hydrogens is 493 g/mol. The number of aryl methyl sites for hydroxylation is 1. The van der Waals surface area contributed by atoms with Gasteiger partial charge in [-0.15, -0.1) is 0 Å². The van der Waals surface area contributed by atoms with Crippen molar-refractivity contribution in [3.8, 4) is 11.3 Å². The Morgan fingerprint density at radius 3 is 2.61 bits per heavy atom. The molecule has 10 nitrogen and oxygen atoms in total. The standard InChI is InChI=1S/C27H30FN5O5/c1-4-36-25(37-5-2)13-24(34)38-17-33-16-20(15-30-33)22-11-10-18-12-23(32(3)26(18)31-22)27(35)29-14-19-8-6-7-9-21(19)28/h6-12,15-16,25H,4-5,13-14,17H2,1-3H3,(H,29,35). The molecule has 0 aliphatic heterocycles. The van der Waals surface area contributed by atoms with E-state index >= 15 is 0 Å². The van der Waals surface area contributed by atoms with Crippen LogP contribution in [0, 0.1) is 5.82 Å². The smallest absolute Gasteiger partial charge is 0.312 e. The van der Waals surface area contributed by atoms with Crippen molar-refractivity contribution in [2.75, 3.05) is 13.2 Å². The fourth-order valence-corrected chi connectivity index (χ4v) is 3.92.